The Kier molecular flexibility index (Phi) is 4.35. The van der Waals surface area contributed by atoms with Gasteiger partial charge in [-0.25, -0.2) is 0 Å². The molecule has 1 amide bonds. The van der Waals surface area contributed by atoms with Gasteiger partial charge in [-0.3, -0.25) is 4.79 Å². The van der Waals surface area contributed by atoms with E-state index in [9.17, 15) is 4.79 Å². The molecule has 0 saturated heterocycles. The smallest absolute Gasteiger partial charge is 0.217 e. The highest BCUT2D eigenvalue weighted by molar-refractivity contribution is 5.73. The summed E-state index contributed by atoms with van der Waals surface area (Å²) in [6.45, 7) is 4.22. The summed E-state index contributed by atoms with van der Waals surface area (Å²) in [7, 11) is 0. The zero-order valence-corrected chi connectivity index (χ0v) is 9.55. The van der Waals surface area contributed by atoms with E-state index in [4.69, 9.17) is 5.73 Å². The van der Waals surface area contributed by atoms with Gasteiger partial charge in [0.25, 0.3) is 0 Å². The van der Waals surface area contributed by atoms with Gasteiger partial charge in [-0.05, 0) is 38.7 Å². The van der Waals surface area contributed by atoms with Gasteiger partial charge in [0, 0.05) is 6.42 Å². The highest BCUT2D eigenvalue weighted by atomic mass is 16.1. The zero-order valence-electron chi connectivity index (χ0n) is 9.55. The molecule has 0 saturated carbocycles. The molecule has 0 bridgehead atoms. The van der Waals surface area contributed by atoms with Crippen LogP contribution in [0.25, 0.3) is 0 Å². The number of carbonyl (C=O) groups excluding carboxylic acids is 1. The van der Waals surface area contributed by atoms with E-state index < -0.39 is 0 Å². The van der Waals surface area contributed by atoms with Crippen molar-refractivity contribution in [1.82, 2.24) is 0 Å². The second-order valence-corrected chi connectivity index (χ2v) is 4.17. The Balaban J connectivity index is 2.40. The van der Waals surface area contributed by atoms with E-state index in [-0.39, 0.29) is 5.91 Å². The van der Waals surface area contributed by atoms with E-state index in [1.807, 2.05) is 0 Å². The fraction of sp³-hybridized carbons (Fsp3) is 0.462. The van der Waals surface area contributed by atoms with Crippen molar-refractivity contribution in [3.05, 3.63) is 34.9 Å². The average molecular weight is 205 g/mol. The largest absolute Gasteiger partial charge is 0.370 e. The van der Waals surface area contributed by atoms with Crippen LogP contribution in [0.2, 0.25) is 0 Å². The Morgan fingerprint density at radius 1 is 1.13 bits per heavy atom. The number of rotatable bonds is 5. The molecule has 15 heavy (non-hydrogen) atoms. The molecule has 0 fully saturated rings. The molecule has 0 aliphatic carbocycles. The van der Waals surface area contributed by atoms with Gasteiger partial charge in [-0.2, -0.15) is 0 Å². The number of aryl methyl sites for hydroxylation is 3. The van der Waals surface area contributed by atoms with Crippen LogP contribution in [0.4, 0.5) is 0 Å². The molecular formula is C13H19NO. The van der Waals surface area contributed by atoms with E-state index >= 15 is 0 Å². The first-order valence-electron chi connectivity index (χ1n) is 5.43. The van der Waals surface area contributed by atoms with Crippen LogP contribution >= 0.6 is 0 Å². The van der Waals surface area contributed by atoms with Crippen LogP contribution < -0.4 is 5.73 Å². The zero-order chi connectivity index (χ0) is 11.3. The van der Waals surface area contributed by atoms with Crippen molar-refractivity contribution < 1.29 is 4.79 Å². The molecule has 82 valence electrons. The van der Waals surface area contributed by atoms with Crippen molar-refractivity contribution in [2.45, 2.75) is 39.5 Å². The summed E-state index contributed by atoms with van der Waals surface area (Å²) in [6.07, 6.45) is 3.47. The predicted octanol–water partition coefficient (Wildman–Crippen LogP) is 2.50. The molecule has 0 unspecified atom stereocenters. The predicted molar refractivity (Wildman–Crippen MR) is 62.7 cm³/mol. The Hall–Kier alpha value is -1.31. The van der Waals surface area contributed by atoms with Crippen LogP contribution in [0.1, 0.15) is 36.0 Å². The number of unbranched alkanes of at least 4 members (excludes halogenated alkanes) is 1. The van der Waals surface area contributed by atoms with Crippen LogP contribution in [0.3, 0.4) is 0 Å². The molecule has 0 aliphatic heterocycles. The summed E-state index contributed by atoms with van der Waals surface area (Å²) >= 11 is 0. The standard InChI is InChI=1S/C13H19NO/c1-10-7-11(2)9-12(8-10)5-3-4-6-13(14)15/h7-9H,3-6H2,1-2H3,(H2,14,15). The second-order valence-electron chi connectivity index (χ2n) is 4.17. The Bertz CT molecular complexity index is 324. The highest BCUT2D eigenvalue weighted by Gasteiger charge is 1.98. The van der Waals surface area contributed by atoms with Crippen LogP contribution in [-0.2, 0) is 11.2 Å². The van der Waals surface area contributed by atoms with Crippen molar-refractivity contribution in [1.29, 1.82) is 0 Å². The van der Waals surface area contributed by atoms with Gasteiger partial charge in [0.15, 0.2) is 0 Å². The van der Waals surface area contributed by atoms with Crippen LogP contribution in [0.15, 0.2) is 18.2 Å². The molecule has 2 N–H and O–H groups in total. The lowest BCUT2D eigenvalue weighted by Crippen LogP contribution is -2.09. The first-order valence-corrected chi connectivity index (χ1v) is 5.43. The normalized spacial score (nSPS) is 10.3. The first-order chi connectivity index (χ1) is 7.08. The molecule has 2 heteroatoms. The minimum atomic E-state index is -0.199. The number of hydrogen-bond acceptors (Lipinski definition) is 1. The van der Waals surface area contributed by atoms with Gasteiger partial charge in [-0.15, -0.1) is 0 Å². The van der Waals surface area contributed by atoms with Gasteiger partial charge >= 0.3 is 0 Å². The molecule has 1 aromatic rings. The first kappa shape index (κ1) is 11.8. The average Bonchev–Trinajstić information content (AvgIpc) is 2.10. The lowest BCUT2D eigenvalue weighted by molar-refractivity contribution is -0.118. The minimum Gasteiger partial charge on any atom is -0.370 e. The molecule has 2 nitrogen and oxygen atoms in total. The lowest BCUT2D eigenvalue weighted by atomic mass is 10.0. The maximum atomic E-state index is 10.5. The number of hydrogen-bond donors (Lipinski definition) is 1. The van der Waals surface area contributed by atoms with Gasteiger partial charge in [-0.1, -0.05) is 29.3 Å². The molecule has 0 spiro atoms. The monoisotopic (exact) mass is 205 g/mol. The minimum absolute atomic E-state index is 0.199. The van der Waals surface area contributed by atoms with Crippen molar-refractivity contribution in [3.8, 4) is 0 Å². The topological polar surface area (TPSA) is 43.1 Å². The highest BCUT2D eigenvalue weighted by Crippen LogP contribution is 2.12. The fourth-order valence-corrected chi connectivity index (χ4v) is 1.84. The maximum Gasteiger partial charge on any atom is 0.217 e. The van der Waals surface area contributed by atoms with E-state index in [1.54, 1.807) is 0 Å². The molecular weight excluding hydrogens is 186 g/mol. The van der Waals surface area contributed by atoms with Crippen LogP contribution in [0.5, 0.6) is 0 Å². The van der Waals surface area contributed by atoms with Crippen molar-refractivity contribution >= 4 is 5.91 Å². The fourth-order valence-electron chi connectivity index (χ4n) is 1.84. The van der Waals surface area contributed by atoms with E-state index in [0.717, 1.165) is 19.3 Å². The third-order valence-corrected chi connectivity index (χ3v) is 2.42. The summed E-state index contributed by atoms with van der Waals surface area (Å²) in [5, 5.41) is 0. The molecule has 0 radical (unpaired) electrons. The van der Waals surface area contributed by atoms with Crippen molar-refractivity contribution in [2.75, 3.05) is 0 Å². The molecule has 1 rings (SSSR count). The van der Waals surface area contributed by atoms with Gasteiger partial charge in [0.2, 0.25) is 5.91 Å². The summed E-state index contributed by atoms with van der Waals surface area (Å²) in [4.78, 5) is 10.5. The van der Waals surface area contributed by atoms with Gasteiger partial charge < -0.3 is 5.73 Å². The van der Waals surface area contributed by atoms with Gasteiger partial charge in [0.1, 0.15) is 0 Å². The summed E-state index contributed by atoms with van der Waals surface area (Å²) in [5.74, 6) is -0.199. The van der Waals surface area contributed by atoms with Crippen molar-refractivity contribution in [2.24, 2.45) is 5.73 Å². The third kappa shape index (κ3) is 4.63. The molecule has 0 aliphatic rings. The summed E-state index contributed by atoms with van der Waals surface area (Å²) in [6, 6.07) is 6.58. The Morgan fingerprint density at radius 3 is 2.27 bits per heavy atom. The van der Waals surface area contributed by atoms with Crippen LogP contribution in [0, 0.1) is 13.8 Å². The third-order valence-electron chi connectivity index (χ3n) is 2.42. The maximum absolute atomic E-state index is 10.5. The number of primary amides is 1. The van der Waals surface area contributed by atoms with Crippen LogP contribution in [-0.4, -0.2) is 5.91 Å². The van der Waals surface area contributed by atoms with E-state index in [2.05, 4.69) is 32.0 Å². The molecule has 0 heterocycles. The van der Waals surface area contributed by atoms with Gasteiger partial charge in [0.05, 0.1) is 0 Å². The number of benzene rings is 1. The quantitative estimate of drug-likeness (QED) is 0.737. The lowest BCUT2D eigenvalue weighted by Gasteiger charge is -2.04. The number of nitrogens with two attached hydrogens (primary N) is 1. The molecule has 0 atom stereocenters. The van der Waals surface area contributed by atoms with Crippen molar-refractivity contribution in [3.63, 3.8) is 0 Å². The Morgan fingerprint density at radius 2 is 1.73 bits per heavy atom. The summed E-state index contributed by atoms with van der Waals surface area (Å²) in [5.41, 5.74) is 9.05. The van der Waals surface area contributed by atoms with E-state index in [0.29, 0.717) is 6.42 Å². The Labute approximate surface area is 91.5 Å². The van der Waals surface area contributed by atoms with E-state index in [1.165, 1.54) is 16.7 Å². The second kappa shape index (κ2) is 5.54. The molecule has 1 aromatic carbocycles. The number of carbonyl (C=O) groups is 1. The SMILES string of the molecule is Cc1cc(C)cc(CCCCC(N)=O)c1. The number of amides is 1. The summed E-state index contributed by atoms with van der Waals surface area (Å²) < 4.78 is 0. The molecule has 0 aromatic heterocycles.